The summed E-state index contributed by atoms with van der Waals surface area (Å²) in [6.07, 6.45) is 2.61. The third-order valence-corrected chi connectivity index (χ3v) is 2.89. The molecule has 0 saturated heterocycles. The fourth-order valence-corrected chi connectivity index (χ4v) is 1.72. The summed E-state index contributed by atoms with van der Waals surface area (Å²) in [7, 11) is 1.64. The number of carbonyl (C=O) groups is 2. The lowest BCUT2D eigenvalue weighted by molar-refractivity contribution is -0.135. The highest BCUT2D eigenvalue weighted by Gasteiger charge is 2.30. The first-order valence-electron chi connectivity index (χ1n) is 6.19. The first-order valence-corrected chi connectivity index (χ1v) is 6.19. The molecule has 2 amide bonds. The van der Waals surface area contributed by atoms with Crippen molar-refractivity contribution in [2.75, 3.05) is 13.6 Å². The number of likely N-dealkylation sites (N-methyl/N-ethyl adjacent to an activating group) is 1. The summed E-state index contributed by atoms with van der Waals surface area (Å²) in [5, 5.41) is 2.75. The number of nitrogens with zero attached hydrogens (tertiary/aromatic N) is 1. The average Bonchev–Trinajstić information content (AvgIpc) is 2.98. The number of carbonyl (C=O) groups excluding carboxylic acids is 2. The molecule has 0 spiro atoms. The summed E-state index contributed by atoms with van der Waals surface area (Å²) in [4.78, 5) is 24.7. The van der Waals surface area contributed by atoms with Gasteiger partial charge in [0, 0.05) is 25.6 Å². The van der Waals surface area contributed by atoms with Crippen LogP contribution >= 0.6 is 0 Å². The smallest absolute Gasteiger partial charge is 0.239 e. The van der Waals surface area contributed by atoms with Gasteiger partial charge in [0.05, 0.1) is 6.54 Å². The molecule has 17 heavy (non-hydrogen) atoms. The van der Waals surface area contributed by atoms with Crippen molar-refractivity contribution in [3.8, 4) is 0 Å². The second-order valence-corrected chi connectivity index (χ2v) is 5.18. The van der Waals surface area contributed by atoms with E-state index in [9.17, 15) is 9.59 Å². The second kappa shape index (κ2) is 6.00. The fraction of sp³-hybridized carbons (Fsp3) is 0.833. The predicted octanol–water partition coefficient (Wildman–Crippen LogP) is 0.0968. The zero-order valence-electron chi connectivity index (χ0n) is 10.9. The van der Waals surface area contributed by atoms with Gasteiger partial charge in [0.1, 0.15) is 0 Å². The van der Waals surface area contributed by atoms with Crippen LogP contribution in [-0.4, -0.2) is 42.4 Å². The molecule has 1 aliphatic carbocycles. The van der Waals surface area contributed by atoms with E-state index < -0.39 is 0 Å². The highest BCUT2D eigenvalue weighted by atomic mass is 16.2. The molecule has 5 nitrogen and oxygen atoms in total. The van der Waals surface area contributed by atoms with E-state index in [4.69, 9.17) is 5.73 Å². The van der Waals surface area contributed by atoms with E-state index in [1.807, 2.05) is 13.8 Å². The monoisotopic (exact) mass is 241 g/mol. The van der Waals surface area contributed by atoms with Gasteiger partial charge in [-0.25, -0.2) is 0 Å². The summed E-state index contributed by atoms with van der Waals surface area (Å²) in [5.74, 6) is 0.330. The van der Waals surface area contributed by atoms with E-state index in [-0.39, 0.29) is 30.4 Å². The summed E-state index contributed by atoms with van der Waals surface area (Å²) in [6.45, 7) is 3.89. The van der Waals surface area contributed by atoms with Gasteiger partial charge < -0.3 is 16.0 Å². The first-order chi connectivity index (χ1) is 7.90. The van der Waals surface area contributed by atoms with Crippen molar-refractivity contribution in [3.05, 3.63) is 0 Å². The van der Waals surface area contributed by atoms with E-state index in [0.717, 1.165) is 12.8 Å². The Morgan fingerprint density at radius 2 is 2.00 bits per heavy atom. The Kier molecular flexibility index (Phi) is 4.93. The molecular weight excluding hydrogens is 218 g/mol. The van der Waals surface area contributed by atoms with Crippen LogP contribution in [0.4, 0.5) is 0 Å². The lowest BCUT2D eigenvalue weighted by Crippen LogP contribution is -2.42. The molecule has 3 N–H and O–H groups in total. The van der Waals surface area contributed by atoms with Crippen molar-refractivity contribution in [1.29, 1.82) is 0 Å². The minimum absolute atomic E-state index is 0.0434. The number of nitrogens with two attached hydrogens (primary N) is 1. The summed E-state index contributed by atoms with van der Waals surface area (Å²) < 4.78 is 0. The number of hydrogen-bond donors (Lipinski definition) is 2. The SMILES string of the molecule is CC(C)NC(=O)CN(C)C(=O)CC(N)C1CC1. The van der Waals surface area contributed by atoms with Crippen LogP contribution in [0.1, 0.15) is 33.1 Å². The molecule has 5 heteroatoms. The molecule has 1 fully saturated rings. The largest absolute Gasteiger partial charge is 0.352 e. The van der Waals surface area contributed by atoms with Crippen molar-refractivity contribution in [2.24, 2.45) is 11.7 Å². The molecule has 1 rings (SSSR count). The highest BCUT2D eigenvalue weighted by molar-refractivity contribution is 5.84. The van der Waals surface area contributed by atoms with E-state index >= 15 is 0 Å². The van der Waals surface area contributed by atoms with Crippen LogP contribution in [0.2, 0.25) is 0 Å². The van der Waals surface area contributed by atoms with Gasteiger partial charge in [0.15, 0.2) is 0 Å². The van der Waals surface area contributed by atoms with Crippen LogP contribution in [0.25, 0.3) is 0 Å². The standard InChI is InChI=1S/C12H23N3O2/c1-8(2)14-11(16)7-15(3)12(17)6-10(13)9-4-5-9/h8-10H,4-7,13H2,1-3H3,(H,14,16). The number of hydrogen-bond acceptors (Lipinski definition) is 3. The van der Waals surface area contributed by atoms with Crippen LogP contribution in [-0.2, 0) is 9.59 Å². The molecule has 0 aromatic heterocycles. The second-order valence-electron chi connectivity index (χ2n) is 5.18. The van der Waals surface area contributed by atoms with E-state index in [1.165, 1.54) is 4.90 Å². The molecule has 0 aliphatic heterocycles. The Balaban J connectivity index is 2.27. The molecule has 98 valence electrons. The number of nitrogens with one attached hydrogen (secondary N) is 1. The van der Waals surface area contributed by atoms with Gasteiger partial charge in [0.25, 0.3) is 0 Å². The topological polar surface area (TPSA) is 75.4 Å². The van der Waals surface area contributed by atoms with Gasteiger partial charge in [-0.05, 0) is 32.6 Å². The van der Waals surface area contributed by atoms with Gasteiger partial charge >= 0.3 is 0 Å². The van der Waals surface area contributed by atoms with Gasteiger partial charge in [-0.2, -0.15) is 0 Å². The van der Waals surface area contributed by atoms with E-state index in [0.29, 0.717) is 12.3 Å². The van der Waals surface area contributed by atoms with Crippen LogP contribution in [0.5, 0.6) is 0 Å². The third kappa shape index (κ3) is 5.17. The maximum atomic E-state index is 11.8. The van der Waals surface area contributed by atoms with Crippen LogP contribution < -0.4 is 11.1 Å². The molecule has 0 bridgehead atoms. The van der Waals surface area contributed by atoms with Gasteiger partial charge in [-0.15, -0.1) is 0 Å². The number of rotatable bonds is 6. The molecule has 1 aliphatic rings. The lowest BCUT2D eigenvalue weighted by Gasteiger charge is -2.19. The van der Waals surface area contributed by atoms with E-state index in [2.05, 4.69) is 5.32 Å². The van der Waals surface area contributed by atoms with Crippen molar-refractivity contribution in [1.82, 2.24) is 10.2 Å². The van der Waals surface area contributed by atoms with Crippen LogP contribution in [0.3, 0.4) is 0 Å². The van der Waals surface area contributed by atoms with Gasteiger partial charge in [0.2, 0.25) is 11.8 Å². The number of amides is 2. The molecule has 1 saturated carbocycles. The van der Waals surface area contributed by atoms with Crippen LogP contribution in [0, 0.1) is 5.92 Å². The molecule has 1 atom stereocenters. The minimum Gasteiger partial charge on any atom is -0.352 e. The Morgan fingerprint density at radius 3 is 2.47 bits per heavy atom. The maximum absolute atomic E-state index is 11.8. The molecular formula is C12H23N3O2. The third-order valence-electron chi connectivity index (χ3n) is 2.89. The Hall–Kier alpha value is -1.10. The van der Waals surface area contributed by atoms with Gasteiger partial charge in [-0.1, -0.05) is 0 Å². The van der Waals surface area contributed by atoms with Crippen molar-refractivity contribution in [3.63, 3.8) is 0 Å². The highest BCUT2D eigenvalue weighted by Crippen LogP contribution is 2.32. The van der Waals surface area contributed by atoms with Crippen molar-refractivity contribution >= 4 is 11.8 Å². The van der Waals surface area contributed by atoms with Gasteiger partial charge in [-0.3, -0.25) is 9.59 Å². The van der Waals surface area contributed by atoms with Crippen LogP contribution in [0.15, 0.2) is 0 Å². The molecule has 0 aromatic rings. The maximum Gasteiger partial charge on any atom is 0.239 e. The quantitative estimate of drug-likeness (QED) is 0.692. The Bertz CT molecular complexity index is 287. The van der Waals surface area contributed by atoms with E-state index in [1.54, 1.807) is 7.05 Å². The molecule has 0 aromatic carbocycles. The normalized spacial score (nSPS) is 16.8. The minimum atomic E-state index is -0.129. The molecule has 0 radical (unpaired) electrons. The fourth-order valence-electron chi connectivity index (χ4n) is 1.72. The zero-order chi connectivity index (χ0) is 13.0. The zero-order valence-corrected chi connectivity index (χ0v) is 10.9. The Morgan fingerprint density at radius 1 is 1.41 bits per heavy atom. The van der Waals surface area contributed by atoms with Crippen molar-refractivity contribution in [2.45, 2.75) is 45.2 Å². The predicted molar refractivity (Wildman–Crippen MR) is 66.2 cm³/mol. The molecule has 0 heterocycles. The van der Waals surface area contributed by atoms with Crippen molar-refractivity contribution < 1.29 is 9.59 Å². The Labute approximate surface area is 103 Å². The molecule has 1 unspecified atom stereocenters. The summed E-state index contributed by atoms with van der Waals surface area (Å²) >= 11 is 0. The summed E-state index contributed by atoms with van der Waals surface area (Å²) in [5.41, 5.74) is 5.88. The lowest BCUT2D eigenvalue weighted by atomic mass is 10.1. The average molecular weight is 241 g/mol. The first kappa shape index (κ1) is 14.0. The summed E-state index contributed by atoms with van der Waals surface area (Å²) in [6, 6.07) is 0.0535.